The first-order chi connectivity index (χ1) is 18.7. The largest absolute Gasteiger partial charge is 0.394 e. The molecule has 0 aliphatic carbocycles. The van der Waals surface area contributed by atoms with E-state index in [4.69, 9.17) is 10.5 Å². The van der Waals surface area contributed by atoms with E-state index in [0.717, 1.165) is 11.1 Å². The van der Waals surface area contributed by atoms with Crippen molar-refractivity contribution in [1.29, 1.82) is 0 Å². The van der Waals surface area contributed by atoms with Crippen LogP contribution in [-0.2, 0) is 14.3 Å². The van der Waals surface area contributed by atoms with E-state index in [9.17, 15) is 24.6 Å². The van der Waals surface area contributed by atoms with Crippen LogP contribution in [0.25, 0.3) is 22.3 Å². The molecule has 0 saturated carbocycles. The molecule has 5 rings (SSSR count). The number of H-pyrrole nitrogens is 1. The van der Waals surface area contributed by atoms with E-state index in [2.05, 4.69) is 20.3 Å². The van der Waals surface area contributed by atoms with Crippen LogP contribution in [0.5, 0.6) is 0 Å². The maximum absolute atomic E-state index is 13.0. The van der Waals surface area contributed by atoms with Gasteiger partial charge in [-0.05, 0) is 35.4 Å². The van der Waals surface area contributed by atoms with E-state index < -0.39 is 36.5 Å². The van der Waals surface area contributed by atoms with Crippen LogP contribution in [0, 0.1) is 0 Å². The van der Waals surface area contributed by atoms with Crippen LogP contribution >= 0.6 is 0 Å². The molecule has 1 aliphatic heterocycles. The van der Waals surface area contributed by atoms with Gasteiger partial charge in [0.05, 0.1) is 18.4 Å². The lowest BCUT2D eigenvalue weighted by molar-refractivity contribution is -0.116. The highest BCUT2D eigenvalue weighted by Gasteiger charge is 2.38. The molecule has 13 heteroatoms. The van der Waals surface area contributed by atoms with Crippen molar-refractivity contribution in [2.24, 2.45) is 0 Å². The summed E-state index contributed by atoms with van der Waals surface area (Å²) in [6.45, 7) is 2.37. The summed E-state index contributed by atoms with van der Waals surface area (Å²) in [5, 5.41) is 22.7. The van der Waals surface area contributed by atoms with Gasteiger partial charge in [0.15, 0.2) is 11.2 Å². The summed E-state index contributed by atoms with van der Waals surface area (Å²) in [7, 11) is 0. The average Bonchev–Trinajstić information content (AvgIpc) is 3.44. The molecule has 1 fully saturated rings. The van der Waals surface area contributed by atoms with Crippen molar-refractivity contribution in [2.45, 2.75) is 38.7 Å². The molecule has 2 amide bonds. The van der Waals surface area contributed by atoms with Gasteiger partial charge in [-0.25, -0.2) is 4.98 Å². The number of hydrogen-bond acceptors (Lipinski definition) is 9. The summed E-state index contributed by atoms with van der Waals surface area (Å²) in [5.41, 5.74) is 8.10. The number of rotatable bonds is 6. The molecule has 4 aromatic rings. The number of hydrogen-bond donors (Lipinski definition) is 5. The van der Waals surface area contributed by atoms with E-state index in [1.807, 2.05) is 24.3 Å². The SMILES string of the molecule is CC(=O)Nc1ccc(-c2ccc(N(C(C)=O)c3nc4c(=O)[nH]c(N)nc4n3[C@H]3C[C@H](O)[C@@H](CO)O3)cc2)cc1. The molecule has 0 spiro atoms. The monoisotopic (exact) mass is 533 g/mol. The van der Waals surface area contributed by atoms with Crippen molar-refractivity contribution < 1.29 is 24.5 Å². The first-order valence-corrected chi connectivity index (χ1v) is 12.2. The normalized spacial score (nSPS) is 18.8. The van der Waals surface area contributed by atoms with Gasteiger partial charge >= 0.3 is 0 Å². The molecule has 2 aromatic carbocycles. The zero-order valence-electron chi connectivity index (χ0n) is 21.2. The van der Waals surface area contributed by atoms with Gasteiger partial charge < -0.3 is 26.0 Å². The number of carbonyl (C=O) groups is 2. The zero-order chi connectivity index (χ0) is 27.8. The minimum Gasteiger partial charge on any atom is -0.394 e. The quantitative estimate of drug-likeness (QED) is 0.245. The topological polar surface area (TPSA) is 189 Å². The number of aliphatic hydroxyl groups excluding tert-OH is 2. The molecule has 202 valence electrons. The Hall–Kier alpha value is -4.59. The van der Waals surface area contributed by atoms with Gasteiger partial charge in [-0.3, -0.25) is 28.8 Å². The summed E-state index contributed by atoms with van der Waals surface area (Å²) in [6.07, 6.45) is -2.65. The number of ether oxygens (including phenoxy) is 1. The van der Waals surface area contributed by atoms with Crippen molar-refractivity contribution >= 4 is 46.2 Å². The zero-order valence-corrected chi connectivity index (χ0v) is 21.2. The summed E-state index contributed by atoms with van der Waals surface area (Å²) in [6, 6.07) is 14.4. The van der Waals surface area contributed by atoms with Gasteiger partial charge in [0.25, 0.3) is 5.56 Å². The van der Waals surface area contributed by atoms with Gasteiger partial charge in [0.1, 0.15) is 12.3 Å². The van der Waals surface area contributed by atoms with Gasteiger partial charge in [0, 0.05) is 26.0 Å². The molecule has 6 N–H and O–H groups in total. The Bertz CT molecular complexity index is 1600. The number of benzene rings is 2. The molecule has 3 atom stereocenters. The van der Waals surface area contributed by atoms with Gasteiger partial charge in [-0.2, -0.15) is 4.98 Å². The van der Waals surface area contributed by atoms with Crippen molar-refractivity contribution in [1.82, 2.24) is 19.5 Å². The highest BCUT2D eigenvalue weighted by atomic mass is 16.5. The smallest absolute Gasteiger partial charge is 0.280 e. The number of nitrogen functional groups attached to an aromatic ring is 1. The molecule has 39 heavy (non-hydrogen) atoms. The third-order valence-electron chi connectivity index (χ3n) is 6.40. The van der Waals surface area contributed by atoms with Crippen molar-refractivity contribution in [2.75, 3.05) is 22.6 Å². The highest BCUT2D eigenvalue weighted by Crippen LogP contribution is 2.37. The van der Waals surface area contributed by atoms with Crippen molar-refractivity contribution in [3.8, 4) is 11.1 Å². The maximum Gasteiger partial charge on any atom is 0.280 e. The van der Waals surface area contributed by atoms with Gasteiger partial charge in [0.2, 0.25) is 23.7 Å². The number of nitrogens with one attached hydrogen (secondary N) is 2. The number of nitrogens with zero attached hydrogens (tertiary/aromatic N) is 4. The summed E-state index contributed by atoms with van der Waals surface area (Å²) in [5.74, 6) is -0.669. The number of nitrogens with two attached hydrogens (primary N) is 1. The average molecular weight is 534 g/mol. The molecule has 1 aliphatic rings. The number of aromatic amines is 1. The Morgan fingerprint density at radius 3 is 2.33 bits per heavy atom. The summed E-state index contributed by atoms with van der Waals surface area (Å²) < 4.78 is 7.28. The number of carbonyl (C=O) groups excluding carboxylic acids is 2. The Morgan fingerprint density at radius 1 is 1.13 bits per heavy atom. The van der Waals surface area contributed by atoms with Crippen LogP contribution in [0.2, 0.25) is 0 Å². The molecule has 1 saturated heterocycles. The van der Waals surface area contributed by atoms with E-state index in [1.54, 1.807) is 24.3 Å². The lowest BCUT2D eigenvalue weighted by Crippen LogP contribution is -2.28. The van der Waals surface area contributed by atoms with Gasteiger partial charge in [-0.15, -0.1) is 0 Å². The Kier molecular flexibility index (Phi) is 6.87. The highest BCUT2D eigenvalue weighted by molar-refractivity contribution is 5.99. The molecule has 0 unspecified atom stereocenters. The van der Waals surface area contributed by atoms with E-state index in [1.165, 1.54) is 23.3 Å². The number of aliphatic hydroxyl groups is 2. The second-order valence-electron chi connectivity index (χ2n) is 9.18. The van der Waals surface area contributed by atoms with Crippen LogP contribution in [0.4, 0.5) is 23.3 Å². The van der Waals surface area contributed by atoms with E-state index in [-0.39, 0.29) is 35.4 Å². The molecular formula is C26H27N7O6. The first-order valence-electron chi connectivity index (χ1n) is 12.2. The minimum atomic E-state index is -0.980. The molecule has 0 bridgehead atoms. The van der Waals surface area contributed by atoms with E-state index >= 15 is 0 Å². The third-order valence-corrected chi connectivity index (χ3v) is 6.40. The fourth-order valence-electron chi connectivity index (χ4n) is 4.64. The Balaban J connectivity index is 1.57. The van der Waals surface area contributed by atoms with E-state index in [0.29, 0.717) is 11.4 Å². The number of amides is 2. The van der Waals surface area contributed by atoms with Crippen LogP contribution < -0.4 is 21.5 Å². The maximum atomic E-state index is 13.0. The number of imidazole rings is 1. The summed E-state index contributed by atoms with van der Waals surface area (Å²) >= 11 is 0. The third kappa shape index (κ3) is 4.97. The second kappa shape index (κ2) is 10.3. The van der Waals surface area contributed by atoms with Crippen molar-refractivity contribution in [3.05, 3.63) is 58.9 Å². The first kappa shape index (κ1) is 26.0. The van der Waals surface area contributed by atoms with Gasteiger partial charge in [-0.1, -0.05) is 24.3 Å². The standard InChI is InChI=1S/C26H27N7O6/c1-13(35)28-17-7-3-15(4-8-17)16-5-9-18(10-6-16)32(14(2)36)26-29-22-23(30-25(27)31-24(22)38)33(26)21-11-19(37)20(12-34)39-21/h3-10,19-21,34,37H,11-12H2,1-2H3,(H,28,35)(H3,27,30,31,38)/t19-,20+,21+/m0/s1. The number of anilines is 4. The predicted octanol–water partition coefficient (Wildman–Crippen LogP) is 1.65. The van der Waals surface area contributed by atoms with Crippen LogP contribution in [0.3, 0.4) is 0 Å². The van der Waals surface area contributed by atoms with Crippen molar-refractivity contribution in [3.63, 3.8) is 0 Å². The number of aromatic nitrogens is 4. The van der Waals surface area contributed by atoms with Crippen LogP contribution in [0.15, 0.2) is 53.3 Å². The molecular weight excluding hydrogens is 506 g/mol. The fourth-order valence-corrected chi connectivity index (χ4v) is 4.64. The van der Waals surface area contributed by atoms with Crippen LogP contribution in [0.1, 0.15) is 26.5 Å². The molecule has 2 aromatic heterocycles. The molecule has 0 radical (unpaired) electrons. The predicted molar refractivity (Wildman–Crippen MR) is 143 cm³/mol. The lowest BCUT2D eigenvalue weighted by atomic mass is 10.0. The second-order valence-corrected chi connectivity index (χ2v) is 9.18. The summed E-state index contributed by atoms with van der Waals surface area (Å²) in [4.78, 5) is 49.3. The molecule has 13 nitrogen and oxygen atoms in total. The fraction of sp³-hybridized carbons (Fsp3) is 0.269. The Labute approximate surface area is 221 Å². The van der Waals surface area contributed by atoms with Crippen LogP contribution in [-0.4, -0.2) is 60.4 Å². The minimum absolute atomic E-state index is 0.0456. The molecule has 3 heterocycles. The number of fused-ring (bicyclic) bond motifs is 1. The lowest BCUT2D eigenvalue weighted by Gasteiger charge is -2.24. The Morgan fingerprint density at radius 2 is 1.77 bits per heavy atom.